The van der Waals surface area contributed by atoms with E-state index in [1.165, 1.54) is 38.7 Å². The highest BCUT2D eigenvalue weighted by Gasteiger charge is 2.83. The van der Waals surface area contributed by atoms with Crippen molar-refractivity contribution >= 4 is 11.7 Å². The number of carbonyl (C=O) groups is 2. The molecule has 1 aliphatic carbocycles. The molecule has 2 saturated heterocycles. The number of ketones is 1. The molecule has 34 heavy (non-hydrogen) atoms. The number of hydrogen-bond acceptors (Lipinski definition) is 7. The number of carbonyl (C=O) groups excluding carboxylic acids is 2. The number of allylic oxidation sites excluding steroid dienone is 3. The quantitative estimate of drug-likeness (QED) is 0.181. The molecule has 5 unspecified atom stereocenters. The second-order valence-corrected chi connectivity index (χ2v) is 10.4. The summed E-state index contributed by atoms with van der Waals surface area (Å²) in [5.41, 5.74) is -1.10. The molecule has 3 heterocycles. The fourth-order valence-electron chi connectivity index (χ4n) is 5.57. The molecule has 188 valence electrons. The van der Waals surface area contributed by atoms with Crippen LogP contribution in [0, 0.1) is 5.92 Å². The van der Waals surface area contributed by atoms with Gasteiger partial charge in [-0.1, -0.05) is 57.3 Å². The van der Waals surface area contributed by atoms with Gasteiger partial charge in [-0.05, 0) is 26.2 Å². The molecule has 1 spiro atoms. The molecule has 1 saturated carbocycles. The van der Waals surface area contributed by atoms with Crippen molar-refractivity contribution in [1.29, 1.82) is 0 Å². The van der Waals surface area contributed by atoms with Crippen LogP contribution in [-0.4, -0.2) is 57.5 Å². The van der Waals surface area contributed by atoms with Crippen LogP contribution in [0.2, 0.25) is 0 Å². The molecular weight excluding hydrogens is 438 g/mol. The Balaban J connectivity index is 1.31. The molecule has 5 atom stereocenters. The number of aliphatic hydroxyl groups is 2. The van der Waals surface area contributed by atoms with E-state index in [2.05, 4.69) is 25.2 Å². The molecule has 3 aliphatic heterocycles. The van der Waals surface area contributed by atoms with Gasteiger partial charge in [0.25, 0.3) is 5.95 Å². The molecule has 8 nitrogen and oxygen atoms in total. The van der Waals surface area contributed by atoms with E-state index < -0.39 is 35.6 Å². The molecule has 0 aromatic heterocycles. The van der Waals surface area contributed by atoms with E-state index in [1.54, 1.807) is 6.08 Å². The Kier molecular flexibility index (Phi) is 6.95. The summed E-state index contributed by atoms with van der Waals surface area (Å²) in [5.74, 6) is -0.429. The van der Waals surface area contributed by atoms with Gasteiger partial charge in [-0.25, -0.2) is 0 Å². The molecule has 4 aliphatic rings. The first-order chi connectivity index (χ1) is 16.1. The van der Waals surface area contributed by atoms with Gasteiger partial charge < -0.3 is 29.7 Å². The summed E-state index contributed by atoms with van der Waals surface area (Å²) in [7, 11) is 0. The van der Waals surface area contributed by atoms with Crippen LogP contribution >= 0.6 is 0 Å². The number of fused-ring (bicyclic) bond motifs is 4. The fourth-order valence-corrected chi connectivity index (χ4v) is 5.57. The highest BCUT2D eigenvalue weighted by atomic mass is 16.7. The molecule has 0 bridgehead atoms. The van der Waals surface area contributed by atoms with Gasteiger partial charge in [0.05, 0.1) is 0 Å². The smallest absolute Gasteiger partial charge is 0.298 e. The molecular formula is C26H37NO7. The Morgan fingerprint density at radius 3 is 2.41 bits per heavy atom. The minimum atomic E-state index is -1.38. The lowest BCUT2D eigenvalue weighted by Crippen LogP contribution is -2.57. The zero-order chi connectivity index (χ0) is 24.7. The van der Waals surface area contributed by atoms with Crippen LogP contribution in [-0.2, 0) is 23.8 Å². The van der Waals surface area contributed by atoms with Gasteiger partial charge >= 0.3 is 0 Å². The third kappa shape index (κ3) is 4.81. The van der Waals surface area contributed by atoms with Gasteiger partial charge in [-0.15, -0.1) is 0 Å². The number of Topliss-reactive ketones (excluding diaryl/α,β-unsaturated/α-hetero) is 1. The lowest BCUT2D eigenvalue weighted by molar-refractivity contribution is -0.124. The van der Waals surface area contributed by atoms with Crippen molar-refractivity contribution in [1.82, 2.24) is 5.32 Å². The van der Waals surface area contributed by atoms with Crippen LogP contribution in [0.1, 0.15) is 72.6 Å². The first-order valence-corrected chi connectivity index (χ1v) is 12.4. The van der Waals surface area contributed by atoms with Crippen molar-refractivity contribution in [3.05, 3.63) is 35.4 Å². The van der Waals surface area contributed by atoms with Gasteiger partial charge in [-0.2, -0.15) is 0 Å². The van der Waals surface area contributed by atoms with Crippen LogP contribution in [0.5, 0.6) is 0 Å². The molecule has 1 amide bonds. The van der Waals surface area contributed by atoms with Gasteiger partial charge in [0, 0.05) is 18.9 Å². The minimum absolute atomic E-state index is 0.0521. The number of hydrogen-bond donors (Lipinski definition) is 3. The Hall–Kier alpha value is -2.16. The lowest BCUT2D eigenvalue weighted by atomic mass is 9.73. The van der Waals surface area contributed by atoms with Crippen LogP contribution in [0.15, 0.2) is 35.4 Å². The monoisotopic (exact) mass is 475 g/mol. The normalized spacial score (nSPS) is 36.8. The Labute approximate surface area is 201 Å². The van der Waals surface area contributed by atoms with Crippen LogP contribution < -0.4 is 5.32 Å². The Bertz CT molecular complexity index is 902. The zero-order valence-electron chi connectivity index (χ0n) is 20.5. The van der Waals surface area contributed by atoms with Gasteiger partial charge in [0.15, 0.2) is 5.60 Å². The summed E-state index contributed by atoms with van der Waals surface area (Å²) in [6.07, 6.45) is 9.38. The van der Waals surface area contributed by atoms with Gasteiger partial charge in [-0.3, -0.25) is 9.59 Å². The second-order valence-electron chi connectivity index (χ2n) is 10.4. The summed E-state index contributed by atoms with van der Waals surface area (Å²) in [6.45, 7) is 7.78. The maximum Gasteiger partial charge on any atom is 0.298 e. The predicted octanol–water partition coefficient (Wildman–Crippen LogP) is 3.36. The number of unbranched alkanes of at least 4 members (excludes halogenated alkanes) is 3. The Morgan fingerprint density at radius 2 is 1.79 bits per heavy atom. The third-order valence-electron chi connectivity index (χ3n) is 7.29. The predicted molar refractivity (Wildman–Crippen MR) is 125 cm³/mol. The van der Waals surface area contributed by atoms with E-state index in [9.17, 15) is 19.8 Å². The minimum Gasteiger partial charge on any atom is -0.480 e. The standard InChI is InChI=1S/C26H37NO7/c1-5-6-7-8-9-15(2)12-16(3)10-11-19(29)27-18-14-26(34-24(18)30)22-20(32-22)25(31,13-17(4)28)21-23(26)33-21/h10-12,15,20-23,30-31H,5-9,13-14H2,1-4H3,(H,27,29)/b11-10+,16-12+. The number of ether oxygens (including phenoxy) is 3. The SMILES string of the molecule is CCCCCCC(C)/C=C(C)/C=C/C(=O)NC1=C(O)OC2(C1)C1OC1C(O)(CC(C)=O)C1OC12. The summed E-state index contributed by atoms with van der Waals surface area (Å²) in [4.78, 5) is 24.1. The van der Waals surface area contributed by atoms with Crippen molar-refractivity contribution in [2.45, 2.75) is 108 Å². The topological polar surface area (TPSA) is 121 Å². The average Bonchev–Trinajstić information content (AvgIpc) is 3.66. The molecule has 4 rings (SSSR count). The Morgan fingerprint density at radius 1 is 1.12 bits per heavy atom. The first kappa shape index (κ1) is 24.9. The van der Waals surface area contributed by atoms with E-state index in [4.69, 9.17) is 14.2 Å². The highest BCUT2D eigenvalue weighted by molar-refractivity contribution is 5.89. The average molecular weight is 476 g/mol. The van der Waals surface area contributed by atoms with Crippen molar-refractivity contribution in [2.75, 3.05) is 0 Å². The molecule has 0 aromatic rings. The van der Waals surface area contributed by atoms with Gasteiger partial charge in [0.2, 0.25) is 5.91 Å². The van der Waals surface area contributed by atoms with Crippen LogP contribution in [0.3, 0.4) is 0 Å². The number of aliphatic hydroxyl groups excluding tert-OH is 1. The summed E-state index contributed by atoms with van der Waals surface area (Å²) in [6, 6.07) is 0. The molecule has 8 heteroatoms. The van der Waals surface area contributed by atoms with E-state index in [0.29, 0.717) is 5.92 Å². The molecule has 3 fully saturated rings. The lowest BCUT2D eigenvalue weighted by Gasteiger charge is -2.33. The first-order valence-electron chi connectivity index (χ1n) is 12.4. The van der Waals surface area contributed by atoms with Crippen molar-refractivity contribution < 1.29 is 34.0 Å². The van der Waals surface area contributed by atoms with E-state index >= 15 is 0 Å². The van der Waals surface area contributed by atoms with Gasteiger partial charge in [0.1, 0.15) is 41.5 Å². The summed E-state index contributed by atoms with van der Waals surface area (Å²) in [5, 5.41) is 24.1. The van der Waals surface area contributed by atoms with E-state index in [1.807, 2.05) is 6.92 Å². The molecule has 0 radical (unpaired) electrons. The number of nitrogens with one attached hydrogen (secondary N) is 1. The van der Waals surface area contributed by atoms with Crippen LogP contribution in [0.4, 0.5) is 0 Å². The van der Waals surface area contributed by atoms with E-state index in [-0.39, 0.29) is 36.2 Å². The largest absolute Gasteiger partial charge is 0.480 e. The third-order valence-corrected chi connectivity index (χ3v) is 7.29. The van der Waals surface area contributed by atoms with E-state index in [0.717, 1.165) is 12.0 Å². The number of amides is 1. The maximum absolute atomic E-state index is 12.5. The second kappa shape index (κ2) is 9.47. The maximum atomic E-state index is 12.5. The highest BCUT2D eigenvalue weighted by Crippen LogP contribution is 2.63. The van der Waals surface area contributed by atoms with Crippen molar-refractivity contribution in [3.8, 4) is 0 Å². The van der Waals surface area contributed by atoms with Crippen molar-refractivity contribution in [2.24, 2.45) is 5.92 Å². The van der Waals surface area contributed by atoms with Crippen LogP contribution in [0.25, 0.3) is 0 Å². The molecule has 0 aromatic carbocycles. The van der Waals surface area contributed by atoms with Crippen molar-refractivity contribution in [3.63, 3.8) is 0 Å². The number of rotatable bonds is 11. The molecule has 3 N–H and O–H groups in total. The summed E-state index contributed by atoms with van der Waals surface area (Å²) >= 11 is 0. The number of epoxide rings is 2. The summed E-state index contributed by atoms with van der Waals surface area (Å²) < 4.78 is 17.2. The fraction of sp³-hybridized carbons (Fsp3) is 0.692. The zero-order valence-corrected chi connectivity index (χ0v) is 20.5.